The molecule has 0 amide bonds. The minimum Gasteiger partial charge on any atom is -0.363 e. The van der Waals surface area contributed by atoms with Crippen molar-refractivity contribution in [2.75, 3.05) is 29.6 Å². The van der Waals surface area contributed by atoms with Crippen molar-refractivity contribution in [3.8, 4) is 0 Å². The van der Waals surface area contributed by atoms with Gasteiger partial charge in [-0.3, -0.25) is 0 Å². The maximum atomic E-state index is 5.57. The molecule has 3 N–H and O–H groups in total. The van der Waals surface area contributed by atoms with Crippen molar-refractivity contribution in [3.05, 3.63) is 40.0 Å². The fraction of sp³-hybridized carbons (Fsp3) is 0.476. The highest BCUT2D eigenvalue weighted by Gasteiger charge is 2.22. The van der Waals surface area contributed by atoms with Gasteiger partial charge in [-0.25, -0.2) is 4.98 Å². The topological polar surface area (TPSA) is 65.1 Å². The van der Waals surface area contributed by atoms with Gasteiger partial charge in [0.05, 0.1) is 0 Å². The first-order valence-corrected chi connectivity index (χ1v) is 11.1. The molecular formula is C21H29BrN6S. The molecule has 1 aromatic carbocycles. The van der Waals surface area contributed by atoms with Crippen LogP contribution in [0, 0.1) is 13.8 Å². The van der Waals surface area contributed by atoms with Crippen molar-refractivity contribution in [1.82, 2.24) is 15.3 Å². The minimum atomic E-state index is 0.387. The number of benzene rings is 1. The van der Waals surface area contributed by atoms with E-state index in [0.29, 0.717) is 23.1 Å². The molecule has 8 heteroatoms. The van der Waals surface area contributed by atoms with E-state index in [1.54, 1.807) is 6.20 Å². The van der Waals surface area contributed by atoms with Gasteiger partial charge in [-0.2, -0.15) is 4.98 Å². The zero-order valence-electron chi connectivity index (χ0n) is 17.4. The Balaban J connectivity index is 1.48. The lowest BCUT2D eigenvalue weighted by Gasteiger charge is -2.30. The summed E-state index contributed by atoms with van der Waals surface area (Å²) < 4.78 is 1.09. The van der Waals surface area contributed by atoms with Crippen LogP contribution in [0.1, 0.15) is 36.8 Å². The highest BCUT2D eigenvalue weighted by atomic mass is 79.9. The van der Waals surface area contributed by atoms with Crippen LogP contribution in [-0.2, 0) is 0 Å². The van der Waals surface area contributed by atoms with Gasteiger partial charge in [0.2, 0.25) is 5.95 Å². The third-order valence-electron chi connectivity index (χ3n) is 5.23. The first kappa shape index (κ1) is 21.8. The molecule has 1 aliphatic carbocycles. The number of nitrogens with one attached hydrogen (secondary N) is 3. The number of rotatable bonds is 5. The Bertz CT molecular complexity index is 841. The van der Waals surface area contributed by atoms with Crippen molar-refractivity contribution < 1.29 is 0 Å². The molecule has 0 spiro atoms. The van der Waals surface area contributed by atoms with E-state index in [2.05, 4.69) is 67.8 Å². The van der Waals surface area contributed by atoms with Gasteiger partial charge in [-0.15, -0.1) is 0 Å². The molecule has 0 unspecified atom stereocenters. The number of aromatic nitrogens is 2. The molecule has 1 fully saturated rings. The molecule has 0 atom stereocenters. The van der Waals surface area contributed by atoms with E-state index in [4.69, 9.17) is 12.2 Å². The second kappa shape index (κ2) is 9.71. The summed E-state index contributed by atoms with van der Waals surface area (Å²) in [4.78, 5) is 10.9. The third kappa shape index (κ3) is 6.02. The summed E-state index contributed by atoms with van der Waals surface area (Å²) >= 11 is 9.11. The van der Waals surface area contributed by atoms with Gasteiger partial charge in [0.25, 0.3) is 0 Å². The van der Waals surface area contributed by atoms with Crippen LogP contribution in [-0.4, -0.2) is 41.3 Å². The number of hydrogen-bond acceptors (Lipinski definition) is 5. The second-order valence-corrected chi connectivity index (χ2v) is 9.16. The van der Waals surface area contributed by atoms with Crippen LogP contribution in [0.25, 0.3) is 0 Å². The second-order valence-electron chi connectivity index (χ2n) is 7.84. The molecule has 2 aromatic rings. The van der Waals surface area contributed by atoms with E-state index in [9.17, 15) is 0 Å². The smallest absolute Gasteiger partial charge is 0.224 e. The standard InChI is InChI=1S/C21H29BrN6S/c1-13-11-15(22)12-14(2)19(13)27-21(29)25-17-7-5-16(6-8-17)24-20-23-10-9-18(26-20)28(3)4/h9-12,16-17H,5-8H2,1-4H3,(H,23,24,26)(H2,25,27,29)/t16-,17+. The van der Waals surface area contributed by atoms with Crippen LogP contribution in [0.5, 0.6) is 0 Å². The lowest BCUT2D eigenvalue weighted by Crippen LogP contribution is -2.42. The molecule has 0 aliphatic heterocycles. The summed E-state index contributed by atoms with van der Waals surface area (Å²) in [6.45, 7) is 4.18. The number of nitrogens with zero attached hydrogens (tertiary/aromatic N) is 3. The summed E-state index contributed by atoms with van der Waals surface area (Å²) in [5.74, 6) is 1.61. The first-order chi connectivity index (χ1) is 13.8. The van der Waals surface area contributed by atoms with Crippen LogP contribution in [0.3, 0.4) is 0 Å². The Morgan fingerprint density at radius 3 is 2.34 bits per heavy atom. The molecule has 6 nitrogen and oxygen atoms in total. The van der Waals surface area contributed by atoms with E-state index in [1.807, 2.05) is 25.1 Å². The number of aryl methyl sites for hydroxylation is 2. The van der Waals surface area contributed by atoms with Crippen LogP contribution >= 0.6 is 28.1 Å². The molecular weight excluding hydrogens is 448 g/mol. The van der Waals surface area contributed by atoms with Crippen LogP contribution < -0.4 is 20.9 Å². The molecule has 0 saturated heterocycles. The van der Waals surface area contributed by atoms with Gasteiger partial charge in [-0.1, -0.05) is 15.9 Å². The Morgan fingerprint density at radius 1 is 1.10 bits per heavy atom. The lowest BCUT2D eigenvalue weighted by molar-refractivity contribution is 0.387. The van der Waals surface area contributed by atoms with Crippen molar-refractivity contribution in [3.63, 3.8) is 0 Å². The van der Waals surface area contributed by atoms with E-state index >= 15 is 0 Å². The summed E-state index contributed by atoms with van der Waals surface area (Å²) in [6, 6.07) is 6.89. The van der Waals surface area contributed by atoms with E-state index in [1.165, 1.54) is 11.1 Å². The summed E-state index contributed by atoms with van der Waals surface area (Å²) in [7, 11) is 3.97. The summed E-state index contributed by atoms with van der Waals surface area (Å²) in [6.07, 6.45) is 6.04. The van der Waals surface area contributed by atoms with Gasteiger partial charge in [0.15, 0.2) is 5.11 Å². The van der Waals surface area contributed by atoms with Crippen molar-refractivity contribution in [2.24, 2.45) is 0 Å². The Hall–Kier alpha value is -1.93. The van der Waals surface area contributed by atoms with Crippen molar-refractivity contribution in [2.45, 2.75) is 51.6 Å². The molecule has 0 radical (unpaired) electrons. The van der Waals surface area contributed by atoms with Gasteiger partial charge < -0.3 is 20.9 Å². The third-order valence-corrected chi connectivity index (χ3v) is 5.91. The van der Waals surface area contributed by atoms with E-state index < -0.39 is 0 Å². The highest BCUT2D eigenvalue weighted by molar-refractivity contribution is 9.10. The minimum absolute atomic E-state index is 0.387. The van der Waals surface area contributed by atoms with Gasteiger partial charge in [-0.05, 0) is 81.1 Å². The van der Waals surface area contributed by atoms with E-state index in [0.717, 1.165) is 41.7 Å². The SMILES string of the molecule is Cc1cc(Br)cc(C)c1NC(=S)N[C@H]1CC[C@@H](Nc2nccc(N(C)C)n2)CC1. The zero-order valence-corrected chi connectivity index (χ0v) is 19.8. The summed E-state index contributed by atoms with van der Waals surface area (Å²) in [5.41, 5.74) is 3.43. The molecule has 156 valence electrons. The van der Waals surface area contributed by atoms with Gasteiger partial charge in [0, 0.05) is 42.5 Å². The van der Waals surface area contributed by atoms with Gasteiger partial charge >= 0.3 is 0 Å². The lowest BCUT2D eigenvalue weighted by atomic mass is 9.91. The van der Waals surface area contributed by atoms with Crippen LogP contribution in [0.2, 0.25) is 0 Å². The Labute approximate surface area is 187 Å². The average Bonchev–Trinajstić information content (AvgIpc) is 2.66. The zero-order chi connectivity index (χ0) is 21.0. The predicted molar refractivity (Wildman–Crippen MR) is 129 cm³/mol. The molecule has 0 bridgehead atoms. The van der Waals surface area contributed by atoms with Crippen molar-refractivity contribution >= 4 is 50.7 Å². The largest absolute Gasteiger partial charge is 0.363 e. The molecule has 1 saturated carbocycles. The molecule has 1 aliphatic rings. The quantitative estimate of drug-likeness (QED) is 0.543. The van der Waals surface area contributed by atoms with Crippen LogP contribution in [0.4, 0.5) is 17.5 Å². The molecule has 1 aromatic heterocycles. The Morgan fingerprint density at radius 2 is 1.72 bits per heavy atom. The number of thiocarbonyl (C=S) groups is 1. The average molecular weight is 477 g/mol. The summed E-state index contributed by atoms with van der Waals surface area (Å²) in [5, 5.41) is 11.0. The number of hydrogen-bond donors (Lipinski definition) is 3. The van der Waals surface area contributed by atoms with E-state index in [-0.39, 0.29) is 0 Å². The van der Waals surface area contributed by atoms with Gasteiger partial charge in [0.1, 0.15) is 5.82 Å². The predicted octanol–water partition coefficient (Wildman–Crippen LogP) is 4.63. The fourth-order valence-corrected chi connectivity index (χ4v) is 4.63. The maximum absolute atomic E-state index is 5.57. The monoisotopic (exact) mass is 476 g/mol. The molecule has 1 heterocycles. The fourth-order valence-electron chi connectivity index (χ4n) is 3.68. The molecule has 3 rings (SSSR count). The first-order valence-electron chi connectivity index (χ1n) is 9.93. The number of halogens is 1. The highest BCUT2D eigenvalue weighted by Crippen LogP contribution is 2.26. The molecule has 29 heavy (non-hydrogen) atoms. The normalized spacial score (nSPS) is 18.8. The van der Waals surface area contributed by atoms with Crippen LogP contribution in [0.15, 0.2) is 28.9 Å². The Kier molecular flexibility index (Phi) is 7.29. The maximum Gasteiger partial charge on any atom is 0.224 e. The number of anilines is 3. The van der Waals surface area contributed by atoms with Crippen molar-refractivity contribution in [1.29, 1.82) is 0 Å².